The Morgan fingerprint density at radius 1 is 0.368 bits per heavy atom. The Labute approximate surface area is 351 Å². The van der Waals surface area contributed by atoms with Gasteiger partial charge in [-0.3, -0.25) is 14.4 Å². The summed E-state index contributed by atoms with van der Waals surface area (Å²) in [5.41, 5.74) is 0. The third-order valence-corrected chi connectivity index (χ3v) is 9.74. The van der Waals surface area contributed by atoms with Crippen LogP contribution in [0.2, 0.25) is 0 Å². The number of ether oxygens (including phenoxy) is 3. The molecule has 0 fully saturated rings. The summed E-state index contributed by atoms with van der Waals surface area (Å²) in [5.74, 6) is -0.991. The summed E-state index contributed by atoms with van der Waals surface area (Å²) in [6.07, 6.45) is 56.1. The van der Waals surface area contributed by atoms with Crippen molar-refractivity contribution in [1.82, 2.24) is 0 Å². The van der Waals surface area contributed by atoms with E-state index in [1.54, 1.807) is 0 Å². The van der Waals surface area contributed by atoms with E-state index in [4.69, 9.17) is 14.2 Å². The molecular formula is C51H86O6. The van der Waals surface area contributed by atoms with Crippen LogP contribution < -0.4 is 0 Å². The van der Waals surface area contributed by atoms with E-state index >= 15 is 0 Å². The van der Waals surface area contributed by atoms with Crippen LogP contribution in [0, 0.1) is 0 Å². The van der Waals surface area contributed by atoms with Crippen LogP contribution in [0.5, 0.6) is 0 Å². The highest BCUT2D eigenvalue weighted by Gasteiger charge is 2.19. The van der Waals surface area contributed by atoms with Crippen LogP contribution in [-0.2, 0) is 28.6 Å². The lowest BCUT2D eigenvalue weighted by molar-refractivity contribution is -0.166. The fourth-order valence-electron chi connectivity index (χ4n) is 6.23. The standard InChI is InChI=1S/C51H86O6/c1-4-7-10-13-16-19-21-22-23-24-25-26-27-28-30-32-35-38-41-44-50(53)56-47-48(46-55-49(52)43-40-37-34-31-18-15-12-9-6-3)57-51(54)45-42-39-36-33-29-20-17-14-11-8-5-2/h7,10,16,19,22-23,25-26,28,30,35,38,48H,4-6,8-9,11-15,17-18,20-21,24,27,29,31-34,36-37,39-47H2,1-3H3/b10-7-,19-16-,23-22-,26-25-,30-28-,38-35-. The van der Waals surface area contributed by atoms with Crippen LogP contribution in [0.15, 0.2) is 72.9 Å². The Kier molecular flexibility index (Phi) is 43.0. The Morgan fingerprint density at radius 2 is 0.684 bits per heavy atom. The Balaban J connectivity index is 4.45. The molecule has 0 aromatic rings. The van der Waals surface area contributed by atoms with E-state index in [0.29, 0.717) is 19.3 Å². The Morgan fingerprint density at radius 3 is 1.07 bits per heavy atom. The van der Waals surface area contributed by atoms with Gasteiger partial charge in [0, 0.05) is 19.3 Å². The Bertz CT molecular complexity index is 1100. The van der Waals surface area contributed by atoms with Gasteiger partial charge in [0.15, 0.2) is 6.10 Å². The lowest BCUT2D eigenvalue weighted by Gasteiger charge is -2.18. The maximum absolute atomic E-state index is 12.7. The van der Waals surface area contributed by atoms with E-state index in [1.165, 1.54) is 89.9 Å². The first-order valence-corrected chi connectivity index (χ1v) is 23.4. The van der Waals surface area contributed by atoms with Gasteiger partial charge in [-0.1, -0.05) is 209 Å². The molecule has 1 unspecified atom stereocenters. The molecule has 326 valence electrons. The third kappa shape index (κ3) is 43.8. The molecule has 0 bridgehead atoms. The average molecular weight is 795 g/mol. The molecule has 1 atom stereocenters. The number of hydrogen-bond acceptors (Lipinski definition) is 6. The van der Waals surface area contributed by atoms with Gasteiger partial charge >= 0.3 is 17.9 Å². The average Bonchev–Trinajstić information content (AvgIpc) is 3.21. The smallest absolute Gasteiger partial charge is 0.306 e. The van der Waals surface area contributed by atoms with Crippen molar-refractivity contribution >= 4 is 17.9 Å². The minimum Gasteiger partial charge on any atom is -0.462 e. The van der Waals surface area contributed by atoms with Crippen LogP contribution in [0.3, 0.4) is 0 Å². The molecule has 0 aliphatic carbocycles. The van der Waals surface area contributed by atoms with Gasteiger partial charge in [0.2, 0.25) is 0 Å². The van der Waals surface area contributed by atoms with Crippen molar-refractivity contribution in [2.24, 2.45) is 0 Å². The zero-order valence-corrected chi connectivity index (χ0v) is 37.1. The minimum absolute atomic E-state index is 0.0965. The molecule has 0 saturated heterocycles. The first-order valence-electron chi connectivity index (χ1n) is 23.4. The minimum atomic E-state index is -0.799. The SMILES string of the molecule is CC/C=C\C/C=C\C/C=C\C/C=C\C/C=C\C/C=C\CCC(=O)OCC(COC(=O)CCCCCCCCCCC)OC(=O)CCCCCCCCCCCCC. The van der Waals surface area contributed by atoms with Crippen LogP contribution in [0.4, 0.5) is 0 Å². The highest BCUT2D eigenvalue weighted by Crippen LogP contribution is 2.14. The summed E-state index contributed by atoms with van der Waals surface area (Å²) in [6, 6.07) is 0. The van der Waals surface area contributed by atoms with Crippen LogP contribution in [-0.4, -0.2) is 37.2 Å². The summed E-state index contributed by atoms with van der Waals surface area (Å²) in [6.45, 7) is 6.42. The van der Waals surface area contributed by atoms with E-state index in [2.05, 4.69) is 81.5 Å². The van der Waals surface area contributed by atoms with E-state index in [-0.39, 0.29) is 37.5 Å². The molecule has 0 radical (unpaired) electrons. The number of carbonyl (C=O) groups is 3. The van der Waals surface area contributed by atoms with Crippen molar-refractivity contribution in [3.05, 3.63) is 72.9 Å². The first kappa shape index (κ1) is 53.9. The molecule has 0 amide bonds. The second-order valence-electron chi connectivity index (χ2n) is 15.3. The predicted molar refractivity (Wildman–Crippen MR) is 242 cm³/mol. The third-order valence-electron chi connectivity index (χ3n) is 9.74. The molecule has 0 aromatic heterocycles. The van der Waals surface area contributed by atoms with E-state index < -0.39 is 6.10 Å². The summed E-state index contributed by atoms with van der Waals surface area (Å²) < 4.78 is 16.6. The quantitative estimate of drug-likeness (QED) is 0.0265. The number of allylic oxidation sites excluding steroid dienone is 12. The molecule has 0 aliphatic heterocycles. The largest absolute Gasteiger partial charge is 0.462 e. The number of esters is 3. The van der Waals surface area contributed by atoms with E-state index in [9.17, 15) is 14.4 Å². The molecular weight excluding hydrogens is 709 g/mol. The van der Waals surface area contributed by atoms with Gasteiger partial charge in [-0.25, -0.2) is 0 Å². The molecule has 0 rings (SSSR count). The van der Waals surface area contributed by atoms with Crippen molar-refractivity contribution in [3.63, 3.8) is 0 Å². The molecule has 0 heterocycles. The van der Waals surface area contributed by atoms with Gasteiger partial charge in [-0.05, 0) is 57.8 Å². The Hall–Kier alpha value is -3.15. The zero-order valence-electron chi connectivity index (χ0n) is 37.1. The van der Waals surface area contributed by atoms with Gasteiger partial charge in [0.05, 0.1) is 0 Å². The van der Waals surface area contributed by atoms with Gasteiger partial charge in [-0.15, -0.1) is 0 Å². The van der Waals surface area contributed by atoms with Crippen LogP contribution >= 0.6 is 0 Å². The summed E-state index contributed by atoms with van der Waals surface area (Å²) >= 11 is 0. The lowest BCUT2D eigenvalue weighted by Crippen LogP contribution is -2.30. The topological polar surface area (TPSA) is 78.9 Å². The summed E-state index contributed by atoms with van der Waals surface area (Å²) in [4.78, 5) is 37.7. The zero-order chi connectivity index (χ0) is 41.5. The number of carbonyl (C=O) groups excluding carboxylic acids is 3. The molecule has 0 saturated carbocycles. The number of unbranched alkanes of at least 4 members (excludes halogenated alkanes) is 18. The molecule has 57 heavy (non-hydrogen) atoms. The summed E-state index contributed by atoms with van der Waals surface area (Å²) in [5, 5.41) is 0. The van der Waals surface area contributed by atoms with Gasteiger partial charge in [0.25, 0.3) is 0 Å². The molecule has 0 aromatic carbocycles. The highest BCUT2D eigenvalue weighted by molar-refractivity contribution is 5.71. The van der Waals surface area contributed by atoms with Gasteiger partial charge in [0.1, 0.15) is 13.2 Å². The normalized spacial score (nSPS) is 12.7. The number of hydrogen-bond donors (Lipinski definition) is 0. The van der Waals surface area contributed by atoms with Crippen molar-refractivity contribution in [1.29, 1.82) is 0 Å². The molecule has 0 spiro atoms. The summed E-state index contributed by atoms with van der Waals surface area (Å²) in [7, 11) is 0. The fraction of sp³-hybridized carbons (Fsp3) is 0.706. The molecule has 0 aliphatic rings. The highest BCUT2D eigenvalue weighted by atomic mass is 16.6. The molecule has 6 heteroatoms. The van der Waals surface area contributed by atoms with Crippen LogP contribution in [0.25, 0.3) is 0 Å². The van der Waals surface area contributed by atoms with E-state index in [0.717, 1.165) is 77.0 Å². The van der Waals surface area contributed by atoms with Crippen molar-refractivity contribution in [2.45, 2.75) is 219 Å². The van der Waals surface area contributed by atoms with Crippen molar-refractivity contribution < 1.29 is 28.6 Å². The van der Waals surface area contributed by atoms with Gasteiger partial charge in [-0.2, -0.15) is 0 Å². The fourth-order valence-corrected chi connectivity index (χ4v) is 6.23. The predicted octanol–water partition coefficient (Wildman–Crippen LogP) is 15.1. The maximum atomic E-state index is 12.7. The first-order chi connectivity index (χ1) is 28.0. The van der Waals surface area contributed by atoms with Crippen LogP contribution in [0.1, 0.15) is 213 Å². The lowest BCUT2D eigenvalue weighted by atomic mass is 10.1. The maximum Gasteiger partial charge on any atom is 0.306 e. The van der Waals surface area contributed by atoms with Gasteiger partial charge < -0.3 is 14.2 Å². The monoisotopic (exact) mass is 795 g/mol. The van der Waals surface area contributed by atoms with E-state index in [1.807, 2.05) is 12.2 Å². The van der Waals surface area contributed by atoms with Crippen molar-refractivity contribution in [2.75, 3.05) is 13.2 Å². The second kappa shape index (κ2) is 45.6. The second-order valence-corrected chi connectivity index (χ2v) is 15.3. The molecule has 0 N–H and O–H groups in total. The molecule has 6 nitrogen and oxygen atoms in total. The van der Waals surface area contributed by atoms with Crippen molar-refractivity contribution in [3.8, 4) is 0 Å². The number of rotatable bonds is 41.